The molecule has 4 rings (SSSR count). The highest BCUT2D eigenvalue weighted by molar-refractivity contribution is 7.92. The van der Waals surface area contributed by atoms with Gasteiger partial charge in [-0.2, -0.15) is 5.06 Å². The van der Waals surface area contributed by atoms with E-state index in [2.05, 4.69) is 0 Å². The molecule has 3 atom stereocenters. The van der Waals surface area contributed by atoms with E-state index in [1.165, 1.54) is 45.2 Å². The highest BCUT2D eigenvalue weighted by Gasteiger charge is 2.95. The number of nitrogens with zero attached hydrogens (tertiary/aromatic N) is 1. The topological polar surface area (TPSA) is 55.8 Å². The van der Waals surface area contributed by atoms with Crippen LogP contribution in [0.4, 0.5) is 8.78 Å². The van der Waals surface area contributed by atoms with Crippen LogP contribution in [0.5, 0.6) is 5.75 Å². The van der Waals surface area contributed by atoms with Gasteiger partial charge in [-0.1, -0.05) is 43.7 Å². The van der Waals surface area contributed by atoms with Crippen molar-refractivity contribution in [1.82, 2.24) is 5.06 Å². The molecule has 162 valence electrons. The molecule has 30 heavy (non-hydrogen) atoms. The van der Waals surface area contributed by atoms with E-state index in [1.54, 1.807) is 36.4 Å². The lowest BCUT2D eigenvalue weighted by molar-refractivity contribution is -0.183. The number of halogens is 2. The lowest BCUT2D eigenvalue weighted by Gasteiger charge is -2.25. The van der Waals surface area contributed by atoms with Gasteiger partial charge >= 0.3 is 0 Å². The Balaban J connectivity index is 1.91. The van der Waals surface area contributed by atoms with E-state index < -0.39 is 38.1 Å². The molecule has 2 aromatic rings. The maximum absolute atomic E-state index is 15.2. The number of aryl methyl sites for hydroxylation is 1. The van der Waals surface area contributed by atoms with Crippen LogP contribution in [0.1, 0.15) is 31.0 Å². The molecule has 1 saturated carbocycles. The molecule has 0 unspecified atom stereocenters. The maximum atomic E-state index is 15.2. The smallest absolute Gasteiger partial charge is 0.288 e. The molecule has 2 aromatic carbocycles. The molecular formula is C22H25F2NO4S. The standard InChI is InChI=1S/C22H25F2NO4S/c1-14-6-12-17(13-7-14)30(26,27)19-18(15-8-10-16(28-5)11-9-15)25(4)29-21(19)20(2,3)22(21,23)24/h6-13,18-19H,1-5H3/t18-,19-,21+/m1/s1. The van der Waals surface area contributed by atoms with Gasteiger partial charge in [0, 0.05) is 7.05 Å². The Hall–Kier alpha value is -2.03. The molecule has 0 N–H and O–H groups in total. The molecule has 2 aliphatic rings. The molecule has 1 aliphatic heterocycles. The fraction of sp³-hybridized carbons (Fsp3) is 0.455. The molecule has 8 heteroatoms. The highest BCUT2D eigenvalue weighted by Crippen LogP contribution is 2.77. The molecule has 1 saturated heterocycles. The largest absolute Gasteiger partial charge is 0.497 e. The van der Waals surface area contributed by atoms with Crippen molar-refractivity contribution < 1.29 is 26.8 Å². The second-order valence-electron chi connectivity index (χ2n) is 8.57. The Morgan fingerprint density at radius 3 is 2.03 bits per heavy atom. The summed E-state index contributed by atoms with van der Waals surface area (Å²) in [6.07, 6.45) is 0. The van der Waals surface area contributed by atoms with Crippen LogP contribution in [-0.4, -0.2) is 44.4 Å². The summed E-state index contributed by atoms with van der Waals surface area (Å²) < 4.78 is 63.0. The van der Waals surface area contributed by atoms with Crippen molar-refractivity contribution in [3.05, 3.63) is 59.7 Å². The Kier molecular flexibility index (Phi) is 4.58. The van der Waals surface area contributed by atoms with Gasteiger partial charge < -0.3 is 4.74 Å². The van der Waals surface area contributed by atoms with Crippen LogP contribution in [-0.2, 0) is 14.7 Å². The lowest BCUT2D eigenvalue weighted by atomic mass is 9.95. The summed E-state index contributed by atoms with van der Waals surface area (Å²) in [6, 6.07) is 12.1. The number of hydroxylamine groups is 2. The van der Waals surface area contributed by atoms with Crippen molar-refractivity contribution in [3.63, 3.8) is 0 Å². The fourth-order valence-corrected chi connectivity index (χ4v) is 7.06. The minimum absolute atomic E-state index is 0.00777. The highest BCUT2D eigenvalue weighted by atomic mass is 32.2. The van der Waals surface area contributed by atoms with Gasteiger partial charge in [-0.3, -0.25) is 4.84 Å². The number of methoxy groups -OCH3 is 1. The van der Waals surface area contributed by atoms with Crippen molar-refractivity contribution >= 4 is 9.84 Å². The third-order valence-corrected chi connectivity index (χ3v) is 8.81. The Bertz CT molecular complexity index is 1050. The second kappa shape index (κ2) is 6.48. The van der Waals surface area contributed by atoms with Crippen LogP contribution < -0.4 is 4.74 Å². The molecule has 2 fully saturated rings. The molecule has 5 nitrogen and oxygen atoms in total. The first-order chi connectivity index (χ1) is 13.9. The van der Waals surface area contributed by atoms with E-state index in [0.29, 0.717) is 11.3 Å². The number of sulfone groups is 1. The minimum atomic E-state index is -4.17. The average Bonchev–Trinajstić information content (AvgIpc) is 2.95. The Labute approximate surface area is 175 Å². The molecule has 1 aliphatic carbocycles. The summed E-state index contributed by atoms with van der Waals surface area (Å²) in [7, 11) is -1.14. The Morgan fingerprint density at radius 2 is 1.57 bits per heavy atom. The van der Waals surface area contributed by atoms with Crippen LogP contribution in [0, 0.1) is 12.3 Å². The van der Waals surface area contributed by atoms with E-state index in [4.69, 9.17) is 9.57 Å². The van der Waals surface area contributed by atoms with Gasteiger partial charge in [-0.25, -0.2) is 17.2 Å². The quantitative estimate of drug-likeness (QED) is 0.718. The van der Waals surface area contributed by atoms with E-state index in [-0.39, 0.29) is 4.90 Å². The summed E-state index contributed by atoms with van der Waals surface area (Å²) in [4.78, 5) is 5.74. The van der Waals surface area contributed by atoms with Crippen LogP contribution in [0.15, 0.2) is 53.4 Å². The van der Waals surface area contributed by atoms with Gasteiger partial charge in [0.25, 0.3) is 5.92 Å². The lowest BCUT2D eigenvalue weighted by Crippen LogP contribution is -2.41. The van der Waals surface area contributed by atoms with Gasteiger partial charge in [-0.15, -0.1) is 0 Å². The van der Waals surface area contributed by atoms with Gasteiger partial charge in [0.05, 0.1) is 23.5 Å². The molecule has 1 spiro atoms. The maximum Gasteiger partial charge on any atom is 0.288 e. The molecule has 1 heterocycles. The summed E-state index contributed by atoms with van der Waals surface area (Å²) in [6.45, 7) is 4.55. The predicted molar refractivity (Wildman–Crippen MR) is 108 cm³/mol. The first-order valence-corrected chi connectivity index (χ1v) is 11.2. The number of benzene rings is 2. The van der Waals surface area contributed by atoms with Crippen molar-refractivity contribution in [2.24, 2.45) is 5.41 Å². The summed E-state index contributed by atoms with van der Waals surface area (Å²) in [5.41, 5.74) is -2.34. The molecule has 0 bridgehead atoms. The van der Waals surface area contributed by atoms with Crippen molar-refractivity contribution in [3.8, 4) is 5.75 Å². The average molecular weight is 438 g/mol. The summed E-state index contributed by atoms with van der Waals surface area (Å²) in [5.74, 6) is -2.72. The normalized spacial score (nSPS) is 29.8. The molecule has 0 aromatic heterocycles. The van der Waals surface area contributed by atoms with E-state index in [1.807, 2.05) is 6.92 Å². The summed E-state index contributed by atoms with van der Waals surface area (Å²) >= 11 is 0. The number of hydrogen-bond acceptors (Lipinski definition) is 5. The first kappa shape index (κ1) is 21.2. The van der Waals surface area contributed by atoms with Crippen molar-refractivity contribution in [2.45, 2.75) is 48.5 Å². The minimum Gasteiger partial charge on any atom is -0.497 e. The van der Waals surface area contributed by atoms with Crippen molar-refractivity contribution in [1.29, 1.82) is 0 Å². The molecular weight excluding hydrogens is 412 g/mol. The Morgan fingerprint density at radius 1 is 1.03 bits per heavy atom. The van der Waals surface area contributed by atoms with Gasteiger partial charge in [0.15, 0.2) is 15.4 Å². The zero-order valence-electron chi connectivity index (χ0n) is 17.5. The third kappa shape index (κ3) is 2.53. The summed E-state index contributed by atoms with van der Waals surface area (Å²) in [5, 5.41) is -0.225. The number of rotatable bonds is 4. The van der Waals surface area contributed by atoms with Crippen LogP contribution >= 0.6 is 0 Å². The van der Waals surface area contributed by atoms with Crippen molar-refractivity contribution in [2.75, 3.05) is 14.2 Å². The first-order valence-electron chi connectivity index (χ1n) is 9.66. The second-order valence-corrected chi connectivity index (χ2v) is 10.6. The fourth-order valence-electron chi connectivity index (χ4n) is 4.67. The van der Waals surface area contributed by atoms with Crippen LogP contribution in [0.3, 0.4) is 0 Å². The molecule has 0 amide bonds. The van der Waals surface area contributed by atoms with Gasteiger partial charge in [0.2, 0.25) is 0 Å². The van der Waals surface area contributed by atoms with E-state index >= 15 is 8.78 Å². The number of alkyl halides is 2. The van der Waals surface area contributed by atoms with Crippen LogP contribution in [0.25, 0.3) is 0 Å². The zero-order chi connectivity index (χ0) is 22.1. The van der Waals surface area contributed by atoms with Gasteiger partial charge in [-0.05, 0) is 36.8 Å². The third-order valence-electron chi connectivity index (χ3n) is 6.63. The van der Waals surface area contributed by atoms with E-state index in [0.717, 1.165) is 5.56 Å². The predicted octanol–water partition coefficient (Wildman–Crippen LogP) is 4.18. The van der Waals surface area contributed by atoms with Gasteiger partial charge in [0.1, 0.15) is 11.0 Å². The van der Waals surface area contributed by atoms with Crippen LogP contribution in [0.2, 0.25) is 0 Å². The SMILES string of the molecule is COc1ccc([C@@H]2[C@@H](S(=O)(=O)c3ccc(C)cc3)[C@]3(ON2C)C(C)(C)C3(F)F)cc1. The number of hydrogen-bond donors (Lipinski definition) is 0. The number of ether oxygens (including phenoxy) is 1. The monoisotopic (exact) mass is 437 g/mol. The van der Waals surface area contributed by atoms with E-state index in [9.17, 15) is 8.42 Å². The zero-order valence-corrected chi connectivity index (χ0v) is 18.3. The molecule has 0 radical (unpaired) electrons.